The molecular weight excluding hydrogens is 312 g/mol. The van der Waals surface area contributed by atoms with Crippen molar-refractivity contribution in [2.45, 2.75) is 19.4 Å². The third-order valence-electron chi connectivity index (χ3n) is 3.40. The Labute approximate surface area is 137 Å². The summed E-state index contributed by atoms with van der Waals surface area (Å²) >= 11 is 0. The average Bonchev–Trinajstić information content (AvgIpc) is 2.58. The second-order valence-corrected chi connectivity index (χ2v) is 6.74. The highest BCUT2D eigenvalue weighted by molar-refractivity contribution is 7.87. The fourth-order valence-corrected chi connectivity index (χ4v) is 2.99. The Bertz CT molecular complexity index is 686. The number of nitrogens with one attached hydrogen (secondary N) is 2. The van der Waals surface area contributed by atoms with E-state index in [1.165, 1.54) is 0 Å². The quantitative estimate of drug-likeness (QED) is 0.691. The van der Waals surface area contributed by atoms with Gasteiger partial charge in [0.2, 0.25) is 0 Å². The van der Waals surface area contributed by atoms with Crippen molar-refractivity contribution >= 4 is 10.2 Å². The predicted molar refractivity (Wildman–Crippen MR) is 91.5 cm³/mol. The first kappa shape index (κ1) is 17.5. The Hall–Kier alpha value is -1.89. The number of aryl methyl sites for hydroxylation is 1. The molecule has 0 aliphatic rings. The largest absolute Gasteiger partial charge is 0.497 e. The molecule has 0 bridgehead atoms. The molecule has 0 unspecified atom stereocenters. The summed E-state index contributed by atoms with van der Waals surface area (Å²) in [6.07, 6.45) is 1.55. The van der Waals surface area contributed by atoms with Gasteiger partial charge < -0.3 is 4.74 Å². The Morgan fingerprint density at radius 2 is 1.61 bits per heavy atom. The predicted octanol–water partition coefficient (Wildman–Crippen LogP) is 2.25. The third kappa shape index (κ3) is 6.40. The highest BCUT2D eigenvalue weighted by Gasteiger charge is 2.08. The van der Waals surface area contributed by atoms with Gasteiger partial charge in [0, 0.05) is 13.1 Å². The zero-order chi connectivity index (χ0) is 16.5. The minimum absolute atomic E-state index is 0.286. The summed E-state index contributed by atoms with van der Waals surface area (Å²) in [4.78, 5) is 0. The van der Waals surface area contributed by atoms with Crippen LogP contribution < -0.4 is 14.2 Å². The molecule has 0 fully saturated rings. The van der Waals surface area contributed by atoms with Crippen molar-refractivity contribution in [3.8, 4) is 5.75 Å². The van der Waals surface area contributed by atoms with Gasteiger partial charge in [-0.25, -0.2) is 4.72 Å². The van der Waals surface area contributed by atoms with Crippen LogP contribution in [0.2, 0.25) is 0 Å². The fourth-order valence-electron chi connectivity index (χ4n) is 2.12. The summed E-state index contributed by atoms with van der Waals surface area (Å²) in [5.74, 6) is 0.819. The minimum atomic E-state index is -3.46. The highest BCUT2D eigenvalue weighted by atomic mass is 32.2. The second kappa shape index (κ2) is 8.67. The van der Waals surface area contributed by atoms with Gasteiger partial charge in [-0.3, -0.25) is 0 Å². The van der Waals surface area contributed by atoms with Gasteiger partial charge in [-0.2, -0.15) is 13.1 Å². The van der Waals surface area contributed by atoms with E-state index in [1.807, 2.05) is 54.6 Å². The third-order valence-corrected chi connectivity index (χ3v) is 4.51. The van der Waals surface area contributed by atoms with Crippen molar-refractivity contribution in [2.75, 3.05) is 13.7 Å². The lowest BCUT2D eigenvalue weighted by Crippen LogP contribution is -2.36. The zero-order valence-electron chi connectivity index (χ0n) is 13.2. The first-order valence-corrected chi connectivity index (χ1v) is 8.98. The summed E-state index contributed by atoms with van der Waals surface area (Å²) < 4.78 is 33.9. The van der Waals surface area contributed by atoms with Crippen LogP contribution in [0.25, 0.3) is 0 Å². The molecule has 23 heavy (non-hydrogen) atoms. The molecule has 0 aliphatic carbocycles. The molecule has 0 heterocycles. The molecule has 0 amide bonds. The van der Waals surface area contributed by atoms with Crippen LogP contribution in [0.15, 0.2) is 54.6 Å². The summed E-state index contributed by atoms with van der Waals surface area (Å²) in [7, 11) is -1.83. The van der Waals surface area contributed by atoms with E-state index in [0.29, 0.717) is 6.54 Å². The van der Waals surface area contributed by atoms with Gasteiger partial charge >= 0.3 is 0 Å². The standard InChI is InChI=1S/C17H22N2O3S/c1-22-17-11-9-15(10-12-17)8-5-13-18-23(20,21)19-14-16-6-3-2-4-7-16/h2-4,6-7,9-12,18-19H,5,8,13-14H2,1H3. The van der Waals surface area contributed by atoms with Crippen LogP contribution >= 0.6 is 0 Å². The molecule has 2 N–H and O–H groups in total. The van der Waals surface area contributed by atoms with Gasteiger partial charge in [0.15, 0.2) is 0 Å². The first-order valence-electron chi connectivity index (χ1n) is 7.50. The van der Waals surface area contributed by atoms with E-state index < -0.39 is 10.2 Å². The second-order valence-electron chi connectivity index (χ2n) is 5.16. The molecule has 5 nitrogen and oxygen atoms in total. The van der Waals surface area contributed by atoms with Crippen LogP contribution in [0.4, 0.5) is 0 Å². The minimum Gasteiger partial charge on any atom is -0.497 e. The molecule has 6 heteroatoms. The topological polar surface area (TPSA) is 67.4 Å². The molecule has 0 atom stereocenters. The number of ether oxygens (including phenoxy) is 1. The van der Waals surface area contributed by atoms with Crippen LogP contribution in [-0.4, -0.2) is 22.1 Å². The molecule has 0 saturated carbocycles. The lowest BCUT2D eigenvalue weighted by molar-refractivity contribution is 0.414. The van der Waals surface area contributed by atoms with Gasteiger partial charge in [0.1, 0.15) is 5.75 Å². The SMILES string of the molecule is COc1ccc(CCCNS(=O)(=O)NCc2ccccc2)cc1. The van der Waals surface area contributed by atoms with Crippen molar-refractivity contribution < 1.29 is 13.2 Å². The van der Waals surface area contributed by atoms with Crippen LogP contribution in [0.1, 0.15) is 17.5 Å². The molecular formula is C17H22N2O3S. The van der Waals surface area contributed by atoms with Gasteiger partial charge in [-0.1, -0.05) is 42.5 Å². The van der Waals surface area contributed by atoms with E-state index >= 15 is 0 Å². The summed E-state index contributed by atoms with van der Waals surface area (Å²) in [5.41, 5.74) is 2.08. The lowest BCUT2D eigenvalue weighted by Gasteiger charge is -2.08. The van der Waals surface area contributed by atoms with E-state index in [4.69, 9.17) is 4.74 Å². The maximum absolute atomic E-state index is 11.9. The van der Waals surface area contributed by atoms with Crippen LogP contribution in [0.5, 0.6) is 5.75 Å². The van der Waals surface area contributed by atoms with Crippen molar-refractivity contribution in [3.63, 3.8) is 0 Å². The average molecular weight is 334 g/mol. The molecule has 0 radical (unpaired) electrons. The lowest BCUT2D eigenvalue weighted by atomic mass is 10.1. The number of methoxy groups -OCH3 is 1. The Balaban J connectivity index is 1.69. The summed E-state index contributed by atoms with van der Waals surface area (Å²) in [6.45, 7) is 0.685. The summed E-state index contributed by atoms with van der Waals surface area (Å²) in [6, 6.07) is 17.2. The van der Waals surface area contributed by atoms with Crippen molar-refractivity contribution in [2.24, 2.45) is 0 Å². The van der Waals surface area contributed by atoms with E-state index in [2.05, 4.69) is 9.44 Å². The normalized spacial score (nSPS) is 11.3. The highest BCUT2D eigenvalue weighted by Crippen LogP contribution is 2.12. The van der Waals surface area contributed by atoms with Crippen molar-refractivity contribution in [3.05, 3.63) is 65.7 Å². The van der Waals surface area contributed by atoms with Crippen LogP contribution in [0.3, 0.4) is 0 Å². The molecule has 0 saturated heterocycles. The number of hydrogen-bond donors (Lipinski definition) is 2. The maximum Gasteiger partial charge on any atom is 0.277 e. The molecule has 2 aromatic rings. The molecule has 124 valence electrons. The van der Waals surface area contributed by atoms with Gasteiger partial charge in [0.05, 0.1) is 7.11 Å². The molecule has 2 aromatic carbocycles. The monoisotopic (exact) mass is 334 g/mol. The first-order chi connectivity index (χ1) is 11.1. The Morgan fingerprint density at radius 1 is 0.913 bits per heavy atom. The Morgan fingerprint density at radius 3 is 2.26 bits per heavy atom. The number of rotatable bonds is 9. The smallest absolute Gasteiger partial charge is 0.277 e. The summed E-state index contributed by atoms with van der Waals surface area (Å²) in [5, 5.41) is 0. The van der Waals surface area contributed by atoms with E-state index in [0.717, 1.165) is 29.7 Å². The molecule has 0 spiro atoms. The number of hydrogen-bond acceptors (Lipinski definition) is 3. The van der Waals surface area contributed by atoms with E-state index in [9.17, 15) is 8.42 Å². The number of benzene rings is 2. The maximum atomic E-state index is 11.9. The molecule has 0 aliphatic heterocycles. The van der Waals surface area contributed by atoms with Crippen LogP contribution in [0, 0.1) is 0 Å². The van der Waals surface area contributed by atoms with Gasteiger partial charge in [-0.15, -0.1) is 0 Å². The Kier molecular flexibility index (Phi) is 6.58. The van der Waals surface area contributed by atoms with Gasteiger partial charge in [0.25, 0.3) is 10.2 Å². The zero-order valence-corrected chi connectivity index (χ0v) is 14.0. The van der Waals surface area contributed by atoms with Crippen molar-refractivity contribution in [1.82, 2.24) is 9.44 Å². The van der Waals surface area contributed by atoms with Crippen molar-refractivity contribution in [1.29, 1.82) is 0 Å². The molecule has 2 rings (SSSR count). The van der Waals surface area contributed by atoms with Gasteiger partial charge in [-0.05, 0) is 36.1 Å². The van der Waals surface area contributed by atoms with E-state index in [1.54, 1.807) is 7.11 Å². The van der Waals surface area contributed by atoms with E-state index in [-0.39, 0.29) is 6.54 Å². The fraction of sp³-hybridized carbons (Fsp3) is 0.294. The van der Waals surface area contributed by atoms with Crippen LogP contribution in [-0.2, 0) is 23.2 Å². The molecule has 0 aromatic heterocycles.